The molecule has 0 aliphatic carbocycles. The Balaban J connectivity index is 0.811. The monoisotopic (exact) mass is 1030 g/mol. The predicted molar refractivity (Wildman–Crippen MR) is 326 cm³/mol. The van der Waals surface area contributed by atoms with Crippen LogP contribution < -0.4 is 0 Å². The summed E-state index contributed by atoms with van der Waals surface area (Å²) in [4.78, 5) is 9.94. The number of hydrogen-bond donors (Lipinski definition) is 0. The van der Waals surface area contributed by atoms with Gasteiger partial charge in [0.2, 0.25) is 0 Å². The third-order valence-electron chi connectivity index (χ3n) is 15.8. The second-order valence-electron chi connectivity index (χ2n) is 20.3. The van der Waals surface area contributed by atoms with Gasteiger partial charge >= 0.3 is 0 Å². The Morgan fingerprint density at radius 1 is 0.272 bits per heavy atom. The van der Waals surface area contributed by atoms with Crippen molar-refractivity contribution in [3.63, 3.8) is 0 Å². The molecule has 81 heavy (non-hydrogen) atoms. The molecule has 4 aromatic heterocycles. The number of nitrogens with zero attached hydrogens (tertiary/aromatic N) is 8. The van der Waals surface area contributed by atoms with Crippen molar-refractivity contribution in [3.8, 4) is 91.4 Å². The lowest BCUT2D eigenvalue weighted by Gasteiger charge is -2.12. The fraction of sp³-hybridized carbons (Fsp3) is 0. The molecule has 8 nitrogen and oxygen atoms in total. The topological polar surface area (TPSA) is 112 Å². The normalized spacial score (nSPS) is 11.4. The van der Waals surface area contributed by atoms with Crippen LogP contribution in [-0.4, -0.2) is 23.7 Å². The molecule has 374 valence electrons. The van der Waals surface area contributed by atoms with Gasteiger partial charge in [0, 0.05) is 66.1 Å². The van der Waals surface area contributed by atoms with Crippen LogP contribution in [0.3, 0.4) is 0 Å². The Morgan fingerprint density at radius 2 is 0.679 bits per heavy atom. The zero-order chi connectivity index (χ0) is 54.1. The molecule has 0 saturated carbocycles. The molecule has 0 bridgehead atoms. The van der Waals surface area contributed by atoms with Crippen LogP contribution in [0.4, 0.5) is 0 Å². The Kier molecular flexibility index (Phi) is 10.8. The second kappa shape index (κ2) is 18.8. The molecule has 0 atom stereocenters. The van der Waals surface area contributed by atoms with E-state index in [9.17, 15) is 15.8 Å². The van der Waals surface area contributed by atoms with E-state index in [-0.39, 0.29) is 0 Å². The maximum absolute atomic E-state index is 10.6. The molecule has 0 aliphatic rings. The standard InChI is InChI=1S/C73H42N8/c74-43-46-19-33-69-61(37-46)62-38-47(44-75)20-34-70(62)81(69)57-31-36-72-64(41-57)63-40-56(80-67-17-9-7-15-59(67)60-16-8-10-18-68(60)80)30-35-71(63)79(72)55-28-25-49(26-29-55)48-21-23-50(24-22-48)53-27-32-58(54(39-53)45-76)66-42-65(51-11-3-1-4-12-51)77-73(78-66)52-13-5-2-6-14-52/h1-42H. The summed E-state index contributed by atoms with van der Waals surface area (Å²) in [6.45, 7) is 0. The van der Waals surface area contributed by atoms with Crippen molar-refractivity contribution in [2.45, 2.75) is 0 Å². The van der Waals surface area contributed by atoms with Gasteiger partial charge in [-0.1, -0.05) is 146 Å². The molecular formula is C73H42N8. The quantitative estimate of drug-likeness (QED) is 0.150. The molecule has 0 unspecified atom stereocenters. The van der Waals surface area contributed by atoms with E-state index in [1.165, 1.54) is 10.8 Å². The van der Waals surface area contributed by atoms with Gasteiger partial charge in [0.1, 0.15) is 0 Å². The van der Waals surface area contributed by atoms with Gasteiger partial charge in [0.25, 0.3) is 0 Å². The summed E-state index contributed by atoms with van der Waals surface area (Å²) in [5, 5.41) is 36.9. The van der Waals surface area contributed by atoms with Gasteiger partial charge in [-0.15, -0.1) is 0 Å². The van der Waals surface area contributed by atoms with Gasteiger partial charge in [-0.05, 0) is 131 Å². The predicted octanol–water partition coefficient (Wildman–Crippen LogP) is 17.7. The van der Waals surface area contributed by atoms with Gasteiger partial charge in [-0.2, -0.15) is 15.8 Å². The minimum absolute atomic E-state index is 0.532. The number of nitriles is 3. The van der Waals surface area contributed by atoms with Crippen molar-refractivity contribution in [2.24, 2.45) is 0 Å². The highest BCUT2D eigenvalue weighted by Crippen LogP contribution is 2.41. The van der Waals surface area contributed by atoms with E-state index in [4.69, 9.17) is 9.97 Å². The van der Waals surface area contributed by atoms with Crippen LogP contribution in [0.15, 0.2) is 255 Å². The third kappa shape index (κ3) is 7.73. The maximum atomic E-state index is 10.6. The Hall–Kier alpha value is -11.6. The number of para-hydroxylation sites is 2. The molecule has 4 heterocycles. The summed E-state index contributed by atoms with van der Waals surface area (Å²) in [7, 11) is 0. The average Bonchev–Trinajstić information content (AvgIpc) is 4.38. The highest BCUT2D eigenvalue weighted by Gasteiger charge is 2.21. The number of aromatic nitrogens is 5. The van der Waals surface area contributed by atoms with Gasteiger partial charge < -0.3 is 13.7 Å². The first-order valence-corrected chi connectivity index (χ1v) is 26.7. The summed E-state index contributed by atoms with van der Waals surface area (Å²) in [6, 6.07) is 94.6. The van der Waals surface area contributed by atoms with Gasteiger partial charge in [-0.25, -0.2) is 9.97 Å². The minimum Gasteiger partial charge on any atom is -0.309 e. The zero-order valence-corrected chi connectivity index (χ0v) is 43.3. The molecule has 0 spiro atoms. The molecule has 15 rings (SSSR count). The van der Waals surface area contributed by atoms with Crippen LogP contribution in [-0.2, 0) is 0 Å². The van der Waals surface area contributed by atoms with Gasteiger partial charge in [0.15, 0.2) is 5.82 Å². The van der Waals surface area contributed by atoms with E-state index in [0.29, 0.717) is 28.2 Å². The molecule has 0 amide bonds. The fourth-order valence-corrected chi connectivity index (χ4v) is 12.0. The van der Waals surface area contributed by atoms with Crippen LogP contribution in [0, 0.1) is 34.0 Å². The van der Waals surface area contributed by atoms with E-state index in [2.05, 4.69) is 171 Å². The molecule has 8 heteroatoms. The molecule has 0 aliphatic heterocycles. The lowest BCUT2D eigenvalue weighted by Crippen LogP contribution is -1.97. The van der Waals surface area contributed by atoms with Crippen LogP contribution in [0.25, 0.3) is 139 Å². The maximum Gasteiger partial charge on any atom is 0.160 e. The SMILES string of the molecule is N#Cc1ccc2c(c1)c1cc(C#N)ccc1n2-c1ccc2c(c1)c1cc(-n3c4ccccc4c4ccccc43)ccc1n2-c1ccc(-c2ccc(-c3ccc(-c4cc(-c5ccccc5)nc(-c5ccccc5)n4)c(C#N)c3)cc2)cc1. The number of hydrogen-bond acceptors (Lipinski definition) is 5. The second-order valence-corrected chi connectivity index (χ2v) is 20.3. The summed E-state index contributed by atoms with van der Waals surface area (Å²) in [6.07, 6.45) is 0. The van der Waals surface area contributed by atoms with Crippen molar-refractivity contribution < 1.29 is 0 Å². The van der Waals surface area contributed by atoms with Crippen LogP contribution in [0.1, 0.15) is 16.7 Å². The van der Waals surface area contributed by atoms with Crippen molar-refractivity contribution in [1.82, 2.24) is 23.7 Å². The molecule has 0 radical (unpaired) electrons. The third-order valence-corrected chi connectivity index (χ3v) is 15.8. The molecule has 0 fully saturated rings. The molecule has 0 N–H and O–H groups in total. The zero-order valence-electron chi connectivity index (χ0n) is 43.3. The van der Waals surface area contributed by atoms with E-state index < -0.39 is 0 Å². The lowest BCUT2D eigenvalue weighted by molar-refractivity contribution is 1.16. The van der Waals surface area contributed by atoms with Crippen molar-refractivity contribution in [1.29, 1.82) is 15.8 Å². The number of benzene rings is 11. The highest BCUT2D eigenvalue weighted by molar-refractivity contribution is 6.14. The molecule has 0 saturated heterocycles. The summed E-state index contributed by atoms with van der Waals surface area (Å²) in [5.41, 5.74) is 19.2. The Morgan fingerprint density at radius 3 is 1.21 bits per heavy atom. The average molecular weight is 1030 g/mol. The van der Waals surface area contributed by atoms with Crippen LogP contribution in [0.2, 0.25) is 0 Å². The Bertz CT molecular complexity index is 5000. The summed E-state index contributed by atoms with van der Waals surface area (Å²) >= 11 is 0. The first kappa shape index (κ1) is 46.7. The van der Waals surface area contributed by atoms with Crippen LogP contribution >= 0.6 is 0 Å². The van der Waals surface area contributed by atoms with Gasteiger partial charge in [0.05, 0.1) is 79.4 Å². The van der Waals surface area contributed by atoms with Crippen molar-refractivity contribution in [3.05, 3.63) is 271 Å². The molecular weight excluding hydrogens is 989 g/mol. The fourth-order valence-electron chi connectivity index (χ4n) is 12.0. The lowest BCUT2D eigenvalue weighted by atomic mass is 9.95. The van der Waals surface area contributed by atoms with E-state index in [1.807, 2.05) is 115 Å². The summed E-state index contributed by atoms with van der Waals surface area (Å²) < 4.78 is 6.96. The largest absolute Gasteiger partial charge is 0.309 e. The van der Waals surface area contributed by atoms with Crippen LogP contribution in [0.5, 0.6) is 0 Å². The summed E-state index contributed by atoms with van der Waals surface area (Å²) in [5.74, 6) is 0.601. The van der Waals surface area contributed by atoms with E-state index in [1.54, 1.807) is 0 Å². The van der Waals surface area contributed by atoms with Crippen molar-refractivity contribution >= 4 is 65.4 Å². The Labute approximate surface area is 465 Å². The van der Waals surface area contributed by atoms with Crippen molar-refractivity contribution in [2.75, 3.05) is 0 Å². The minimum atomic E-state index is 0.532. The first-order chi connectivity index (χ1) is 40.0. The van der Waals surface area contributed by atoms with E-state index >= 15 is 0 Å². The molecule has 15 aromatic rings. The smallest absolute Gasteiger partial charge is 0.160 e. The highest BCUT2D eigenvalue weighted by atomic mass is 15.0. The van der Waals surface area contributed by atoms with Gasteiger partial charge in [-0.3, -0.25) is 0 Å². The first-order valence-electron chi connectivity index (χ1n) is 26.7. The van der Waals surface area contributed by atoms with E-state index in [0.717, 1.165) is 116 Å². The molecule has 11 aromatic carbocycles. The number of rotatable bonds is 8. The number of fused-ring (bicyclic) bond motifs is 9.